The fourth-order valence-electron chi connectivity index (χ4n) is 8.55. The molecular formula is C47H54O27. The maximum Gasteiger partial charge on any atom is 0.331 e. The van der Waals surface area contributed by atoms with Crippen molar-refractivity contribution in [3.05, 3.63) is 76.5 Å². The Kier molecular flexibility index (Phi) is 16.6. The molecule has 27 nitrogen and oxygen atoms in total. The molecule has 8 rings (SSSR count). The van der Waals surface area contributed by atoms with E-state index < -0.39 is 193 Å². The number of fused-ring (bicyclic) bond motifs is 1. The van der Waals surface area contributed by atoms with Crippen molar-refractivity contribution >= 4 is 23.0 Å². The van der Waals surface area contributed by atoms with Gasteiger partial charge in [-0.3, -0.25) is 4.79 Å². The molecule has 4 aromatic rings. The first-order valence-electron chi connectivity index (χ1n) is 22.8. The third kappa shape index (κ3) is 11.2. The summed E-state index contributed by atoms with van der Waals surface area (Å²) in [5.74, 6) is -5.46. The van der Waals surface area contributed by atoms with Gasteiger partial charge in [0.05, 0.1) is 25.9 Å². The molecule has 1 aromatic heterocycles. The van der Waals surface area contributed by atoms with Crippen molar-refractivity contribution < 1.29 is 128 Å². The molecule has 4 aliphatic heterocycles. The lowest BCUT2D eigenvalue weighted by Gasteiger charge is -2.47. The summed E-state index contributed by atoms with van der Waals surface area (Å²) in [5.41, 5.74) is -1.43. The summed E-state index contributed by atoms with van der Waals surface area (Å²) in [6, 6.07) is 10.4. The predicted octanol–water partition coefficient (Wildman–Crippen LogP) is -3.43. The monoisotopic (exact) mass is 1050 g/mol. The summed E-state index contributed by atoms with van der Waals surface area (Å²) in [6.45, 7) is -1.05. The largest absolute Gasteiger partial charge is 0.508 e. The van der Waals surface area contributed by atoms with Gasteiger partial charge in [0.15, 0.2) is 42.2 Å². The topological polar surface area (TPSA) is 434 Å². The maximum atomic E-state index is 14.6. The molecule has 4 saturated heterocycles. The van der Waals surface area contributed by atoms with E-state index in [4.69, 9.17) is 47.0 Å². The summed E-state index contributed by atoms with van der Waals surface area (Å²) in [7, 11) is 0. The Hall–Kier alpha value is -5.80. The van der Waals surface area contributed by atoms with Gasteiger partial charge in [0, 0.05) is 23.8 Å². The van der Waals surface area contributed by atoms with Crippen molar-refractivity contribution in [3.63, 3.8) is 0 Å². The van der Waals surface area contributed by atoms with Crippen molar-refractivity contribution in [3.8, 4) is 45.8 Å². The van der Waals surface area contributed by atoms with Crippen LogP contribution in [0, 0.1) is 0 Å². The van der Waals surface area contributed by atoms with Crippen molar-refractivity contribution in [1.29, 1.82) is 0 Å². The highest BCUT2D eigenvalue weighted by molar-refractivity contribution is 5.89. The lowest BCUT2D eigenvalue weighted by atomic mass is 9.97. The number of carbonyl (C=O) groups is 1. The normalized spacial score (nSPS) is 35.7. The highest BCUT2D eigenvalue weighted by atomic mass is 16.8. The molecule has 0 unspecified atom stereocenters. The minimum atomic E-state index is -2.22. The van der Waals surface area contributed by atoms with Crippen LogP contribution in [0.5, 0.6) is 34.5 Å². The number of hydrogen-bond donors (Lipinski definition) is 15. The maximum absolute atomic E-state index is 14.6. The summed E-state index contributed by atoms with van der Waals surface area (Å²) >= 11 is 0. The molecule has 404 valence electrons. The van der Waals surface area contributed by atoms with Gasteiger partial charge >= 0.3 is 5.97 Å². The molecule has 4 aliphatic rings. The molecular weight excluding hydrogens is 996 g/mol. The fraction of sp³-hybridized carbons (Fsp3) is 0.489. The van der Waals surface area contributed by atoms with E-state index >= 15 is 0 Å². The van der Waals surface area contributed by atoms with Crippen LogP contribution in [-0.2, 0) is 42.7 Å². The minimum absolute atomic E-state index is 0.0931. The van der Waals surface area contributed by atoms with Crippen molar-refractivity contribution in [2.75, 3.05) is 19.8 Å². The Balaban J connectivity index is 1.18. The van der Waals surface area contributed by atoms with Crippen LogP contribution < -0.4 is 10.2 Å². The van der Waals surface area contributed by atoms with Crippen molar-refractivity contribution in [2.45, 2.75) is 124 Å². The third-order valence-electron chi connectivity index (χ3n) is 12.7. The van der Waals surface area contributed by atoms with Crippen LogP contribution >= 0.6 is 0 Å². The Morgan fingerprint density at radius 1 is 0.649 bits per heavy atom. The van der Waals surface area contributed by atoms with Gasteiger partial charge in [-0.25, -0.2) is 4.79 Å². The molecule has 0 amide bonds. The number of phenols is 5. The second kappa shape index (κ2) is 22.6. The van der Waals surface area contributed by atoms with Crippen LogP contribution in [0.1, 0.15) is 12.5 Å². The number of phenolic OH excluding ortho intramolecular Hbond substituents is 5. The average Bonchev–Trinajstić information content (AvgIpc) is 3.36. The smallest absolute Gasteiger partial charge is 0.331 e. The first kappa shape index (κ1) is 54.5. The highest BCUT2D eigenvalue weighted by Gasteiger charge is 2.55. The molecule has 74 heavy (non-hydrogen) atoms. The van der Waals surface area contributed by atoms with Gasteiger partial charge in [0.25, 0.3) is 0 Å². The van der Waals surface area contributed by atoms with E-state index in [-0.39, 0.29) is 11.3 Å². The van der Waals surface area contributed by atoms with Crippen LogP contribution in [0.25, 0.3) is 28.4 Å². The zero-order valence-electron chi connectivity index (χ0n) is 38.5. The summed E-state index contributed by atoms with van der Waals surface area (Å²) in [6.07, 6.45) is -33.2. The van der Waals surface area contributed by atoms with Gasteiger partial charge in [-0.15, -0.1) is 0 Å². The van der Waals surface area contributed by atoms with Crippen LogP contribution in [0.3, 0.4) is 0 Å². The number of aromatic hydroxyl groups is 5. The molecule has 0 spiro atoms. The SMILES string of the molecule is C[C@@H]1O[C@@H](OC[C@H]2O[C@@H](Oc3c(-c4ccc(O)c(O)c4)oc4cc(O)cc(O)c4c3=O)[C@H](OC(=O)/C=C/c3ccc(O)cc3)[C@@H](O[C@H]3OC[C@H](O)[C@H](O)[C@H]3O)[C@@H]2O)[C@@H](O)[C@H](O[C@@H]2O[C@H](CO)[C@@H](O)[C@H](O)[C@H]2O)[C@H]1O. The molecule has 19 atom stereocenters. The Bertz CT molecular complexity index is 2680. The van der Waals surface area contributed by atoms with Crippen LogP contribution in [0.15, 0.2) is 69.9 Å². The minimum Gasteiger partial charge on any atom is -0.508 e. The molecule has 0 radical (unpaired) electrons. The van der Waals surface area contributed by atoms with E-state index in [1.807, 2.05) is 0 Å². The van der Waals surface area contributed by atoms with E-state index in [1.165, 1.54) is 37.3 Å². The summed E-state index contributed by atoms with van der Waals surface area (Å²) < 4.78 is 58.4. The summed E-state index contributed by atoms with van der Waals surface area (Å²) in [5, 5.41) is 158. The molecule has 15 N–H and O–H groups in total. The highest BCUT2D eigenvalue weighted by Crippen LogP contribution is 2.41. The number of benzene rings is 3. The van der Waals surface area contributed by atoms with Gasteiger partial charge in [-0.1, -0.05) is 12.1 Å². The molecule has 0 bridgehead atoms. The number of ether oxygens (including phenoxy) is 9. The number of carbonyl (C=O) groups excluding carboxylic acids is 1. The second-order valence-corrected chi connectivity index (χ2v) is 17.8. The first-order valence-corrected chi connectivity index (χ1v) is 22.8. The standard InChI is InChI=1S/C47H54O27/c1-16-30(56)40(72-46-37(63)35(61)32(58)26(13-48)69-46)38(64)45(67-16)66-15-27-33(59)41(73-44-36(62)31(57)24(54)14-65-44)43(71-28(55)9-4-17-2-6-19(49)7-3-17)47(70-27)74-42-34(60)29-23(53)11-20(50)12-25(29)68-39(42)18-5-8-21(51)22(52)10-18/h2-12,16,24,26-27,30-33,35-38,40-41,43-54,56-59,61-64H,13-15H2,1H3/b9-4+/t16-,24-,26+,27+,30-,31-,32+,33+,35-,36+,37+,38-,40+,41-,43+,44+,45+,46-,47-/m0/s1. The van der Waals surface area contributed by atoms with Gasteiger partial charge in [0.1, 0.15) is 108 Å². The zero-order chi connectivity index (χ0) is 53.4. The van der Waals surface area contributed by atoms with E-state index in [0.29, 0.717) is 5.56 Å². The van der Waals surface area contributed by atoms with Gasteiger partial charge in [-0.2, -0.15) is 0 Å². The quantitative estimate of drug-likeness (QED) is 0.0332. The number of rotatable bonds is 14. The van der Waals surface area contributed by atoms with Gasteiger partial charge in [0.2, 0.25) is 17.5 Å². The zero-order valence-corrected chi connectivity index (χ0v) is 38.5. The first-order chi connectivity index (χ1) is 35.1. The van der Waals surface area contributed by atoms with E-state index in [2.05, 4.69) is 0 Å². The Labute approximate surface area is 416 Å². The second-order valence-electron chi connectivity index (χ2n) is 17.8. The third-order valence-corrected chi connectivity index (χ3v) is 12.7. The van der Waals surface area contributed by atoms with Crippen LogP contribution in [-0.4, -0.2) is 219 Å². The van der Waals surface area contributed by atoms with E-state index in [1.54, 1.807) is 0 Å². The van der Waals surface area contributed by atoms with Crippen molar-refractivity contribution in [2.24, 2.45) is 0 Å². The lowest BCUT2D eigenvalue weighted by Crippen LogP contribution is -2.66. The van der Waals surface area contributed by atoms with E-state index in [0.717, 1.165) is 36.4 Å². The summed E-state index contributed by atoms with van der Waals surface area (Å²) in [4.78, 5) is 28.3. The molecule has 0 saturated carbocycles. The Morgan fingerprint density at radius 3 is 2.04 bits per heavy atom. The average molecular weight is 1050 g/mol. The molecule has 3 aromatic carbocycles. The lowest BCUT2D eigenvalue weighted by molar-refractivity contribution is -0.365. The molecule has 0 aliphatic carbocycles. The molecule has 5 heterocycles. The van der Waals surface area contributed by atoms with Crippen LogP contribution in [0.4, 0.5) is 0 Å². The fourth-order valence-corrected chi connectivity index (χ4v) is 8.55. The predicted molar refractivity (Wildman–Crippen MR) is 240 cm³/mol. The number of hydrogen-bond acceptors (Lipinski definition) is 27. The van der Waals surface area contributed by atoms with Crippen molar-refractivity contribution in [1.82, 2.24) is 0 Å². The van der Waals surface area contributed by atoms with Crippen LogP contribution in [0.2, 0.25) is 0 Å². The number of esters is 1. The number of aliphatic hydroxyl groups is 10. The van der Waals surface area contributed by atoms with Gasteiger partial charge in [-0.05, 0) is 48.9 Å². The van der Waals surface area contributed by atoms with Gasteiger partial charge < -0.3 is 124 Å². The van der Waals surface area contributed by atoms with E-state index in [9.17, 15) is 86.2 Å². The Morgan fingerprint density at radius 2 is 1.34 bits per heavy atom. The molecule has 27 heteroatoms. The number of aliphatic hydroxyl groups excluding tert-OH is 10. The molecule has 4 fully saturated rings.